The molecule has 1 aromatic heterocycles. The van der Waals surface area contributed by atoms with E-state index in [1.54, 1.807) is 42.5 Å². The number of Topliss-reactive ketones (excluding diaryl/α,β-unsaturated/α-hetero) is 2. The van der Waals surface area contributed by atoms with Crippen molar-refractivity contribution in [3.63, 3.8) is 0 Å². The van der Waals surface area contributed by atoms with E-state index in [4.69, 9.17) is 9.47 Å². The highest BCUT2D eigenvalue weighted by atomic mass is 16.5. The summed E-state index contributed by atoms with van der Waals surface area (Å²) in [5.74, 6) is 0.415. The molecule has 7 heteroatoms. The van der Waals surface area contributed by atoms with Crippen LogP contribution in [-0.4, -0.2) is 53.6 Å². The van der Waals surface area contributed by atoms with Crippen molar-refractivity contribution in [1.82, 2.24) is 4.98 Å². The van der Waals surface area contributed by atoms with Gasteiger partial charge in [0.2, 0.25) is 11.8 Å². The molecule has 2 aromatic carbocycles. The summed E-state index contributed by atoms with van der Waals surface area (Å²) in [6, 6.07) is 22.1. The van der Waals surface area contributed by atoms with Crippen molar-refractivity contribution in [3.05, 3.63) is 101 Å². The minimum atomic E-state index is -0.606. The quantitative estimate of drug-likeness (QED) is 0.566. The van der Waals surface area contributed by atoms with Crippen LogP contribution in [0.15, 0.2) is 88.8 Å². The average Bonchev–Trinajstić information content (AvgIpc) is 3.55. The molecule has 0 bridgehead atoms. The molecule has 7 nitrogen and oxygen atoms in total. The second-order valence-corrected chi connectivity index (χ2v) is 7.39. The van der Waals surface area contributed by atoms with Crippen LogP contribution in [0.2, 0.25) is 0 Å². The zero-order valence-corrected chi connectivity index (χ0v) is 17.0. The lowest BCUT2D eigenvalue weighted by molar-refractivity contribution is 0.0940. The number of ether oxygens (including phenoxy) is 2. The van der Waals surface area contributed by atoms with E-state index in [9.17, 15) is 9.59 Å². The van der Waals surface area contributed by atoms with Gasteiger partial charge in [-0.25, -0.2) is 15.0 Å². The highest BCUT2D eigenvalue weighted by molar-refractivity contribution is 6.06. The number of aromatic nitrogens is 1. The van der Waals surface area contributed by atoms with Gasteiger partial charge in [-0.1, -0.05) is 66.7 Å². The first-order valence-electron chi connectivity index (χ1n) is 10.3. The topological polar surface area (TPSA) is 90.2 Å². The number of carbonyl (C=O) groups is 2. The van der Waals surface area contributed by atoms with Crippen LogP contribution in [0.4, 0.5) is 0 Å². The number of hydrogen-bond donors (Lipinski definition) is 0. The Kier molecular flexibility index (Phi) is 5.29. The molecule has 0 saturated heterocycles. The highest BCUT2D eigenvalue weighted by Gasteiger charge is 2.30. The maximum atomic E-state index is 12.6. The molecular weight excluding hydrogens is 406 g/mol. The molecule has 0 N–H and O–H groups in total. The summed E-state index contributed by atoms with van der Waals surface area (Å²) >= 11 is 0. The lowest BCUT2D eigenvalue weighted by Gasteiger charge is -2.04. The number of carbonyl (C=O) groups excluding carboxylic acids is 2. The Balaban J connectivity index is 1.34. The van der Waals surface area contributed by atoms with Crippen molar-refractivity contribution in [2.24, 2.45) is 9.98 Å². The predicted octanol–water partition coefficient (Wildman–Crippen LogP) is 3.14. The van der Waals surface area contributed by atoms with Gasteiger partial charge in [0, 0.05) is 11.1 Å². The number of rotatable bonds is 6. The third kappa shape index (κ3) is 3.92. The van der Waals surface area contributed by atoms with E-state index >= 15 is 0 Å². The van der Waals surface area contributed by atoms with Crippen LogP contribution in [0.1, 0.15) is 32.1 Å². The number of nitrogens with zero attached hydrogens (tertiary/aromatic N) is 3. The van der Waals surface area contributed by atoms with Crippen LogP contribution >= 0.6 is 0 Å². The van der Waals surface area contributed by atoms with Crippen LogP contribution in [0.25, 0.3) is 0 Å². The van der Waals surface area contributed by atoms with Gasteiger partial charge in [-0.05, 0) is 12.1 Å². The van der Waals surface area contributed by atoms with Crippen LogP contribution in [-0.2, 0) is 9.47 Å². The number of aliphatic imine (C=N–C) groups is 2. The largest absolute Gasteiger partial charge is 0.474 e. The van der Waals surface area contributed by atoms with Crippen LogP contribution in [0, 0.1) is 0 Å². The molecule has 0 saturated carbocycles. The molecule has 32 heavy (non-hydrogen) atoms. The molecule has 0 unspecified atom stereocenters. The highest BCUT2D eigenvalue weighted by Crippen LogP contribution is 2.18. The summed E-state index contributed by atoms with van der Waals surface area (Å²) in [4.78, 5) is 38.7. The molecule has 2 aliphatic rings. The minimum Gasteiger partial charge on any atom is -0.474 e. The fourth-order valence-corrected chi connectivity index (χ4v) is 3.56. The van der Waals surface area contributed by atoms with Gasteiger partial charge in [-0.2, -0.15) is 0 Å². The molecule has 5 rings (SSSR count). The second-order valence-electron chi connectivity index (χ2n) is 7.39. The summed E-state index contributed by atoms with van der Waals surface area (Å²) in [5.41, 5.74) is 2.15. The van der Waals surface area contributed by atoms with Gasteiger partial charge >= 0.3 is 0 Å². The van der Waals surface area contributed by atoms with Crippen molar-refractivity contribution in [3.8, 4) is 0 Å². The minimum absolute atomic E-state index is 0.0949. The van der Waals surface area contributed by atoms with Crippen molar-refractivity contribution >= 4 is 23.4 Å². The van der Waals surface area contributed by atoms with E-state index in [0.717, 1.165) is 0 Å². The van der Waals surface area contributed by atoms with Crippen molar-refractivity contribution in [2.45, 2.75) is 12.1 Å². The van der Waals surface area contributed by atoms with E-state index in [1.807, 2.05) is 36.4 Å². The van der Waals surface area contributed by atoms with Gasteiger partial charge in [0.05, 0.1) is 0 Å². The SMILES string of the molecule is O=C(c1ccccc1)[C@H]1COC(c2cccc(C3=N[C@@H](C(=O)c4ccccc4)CO3)n2)=N1. The van der Waals surface area contributed by atoms with Crippen molar-refractivity contribution in [1.29, 1.82) is 0 Å². The Labute approximate surface area is 184 Å². The van der Waals surface area contributed by atoms with Gasteiger partial charge in [-0.3, -0.25) is 9.59 Å². The molecule has 3 heterocycles. The van der Waals surface area contributed by atoms with Crippen LogP contribution in [0.5, 0.6) is 0 Å². The van der Waals surface area contributed by atoms with Gasteiger partial charge < -0.3 is 9.47 Å². The van der Waals surface area contributed by atoms with Gasteiger partial charge in [-0.15, -0.1) is 0 Å². The van der Waals surface area contributed by atoms with E-state index in [2.05, 4.69) is 15.0 Å². The number of pyridine rings is 1. The average molecular weight is 425 g/mol. The Morgan fingerprint density at radius 2 is 1.06 bits per heavy atom. The maximum absolute atomic E-state index is 12.6. The lowest BCUT2D eigenvalue weighted by atomic mass is 10.1. The fourth-order valence-electron chi connectivity index (χ4n) is 3.56. The summed E-state index contributed by atoms with van der Waals surface area (Å²) in [7, 11) is 0. The molecule has 2 atom stereocenters. The zero-order chi connectivity index (χ0) is 21.9. The fraction of sp³-hybridized carbons (Fsp3) is 0.160. The molecule has 0 radical (unpaired) electrons. The molecule has 0 spiro atoms. The van der Waals surface area contributed by atoms with Gasteiger partial charge in [0.15, 0.2) is 23.7 Å². The lowest BCUT2D eigenvalue weighted by Crippen LogP contribution is -2.19. The first kappa shape index (κ1) is 19.8. The Morgan fingerprint density at radius 1 is 0.625 bits per heavy atom. The monoisotopic (exact) mass is 425 g/mol. The summed E-state index contributed by atoms with van der Waals surface area (Å²) < 4.78 is 11.3. The predicted molar refractivity (Wildman–Crippen MR) is 118 cm³/mol. The molecule has 3 aromatic rings. The van der Waals surface area contributed by atoms with Gasteiger partial charge in [0.1, 0.15) is 24.6 Å². The van der Waals surface area contributed by atoms with E-state index in [0.29, 0.717) is 34.3 Å². The summed E-state index contributed by atoms with van der Waals surface area (Å²) in [6.45, 7) is 0.333. The first-order chi connectivity index (χ1) is 15.7. The second kappa shape index (κ2) is 8.55. The standard InChI is InChI=1S/C25H19N3O4/c29-22(16-8-3-1-4-9-16)20-14-31-24(27-20)18-12-7-13-19(26-18)25-28-21(15-32-25)23(30)17-10-5-2-6-11-17/h1-13,20-21H,14-15H2/t20-,21-/m1/s1. The molecular formula is C25H19N3O4. The Hall–Kier alpha value is -4.13. The molecule has 0 fully saturated rings. The number of hydrogen-bond acceptors (Lipinski definition) is 7. The first-order valence-corrected chi connectivity index (χ1v) is 10.3. The Morgan fingerprint density at radius 3 is 1.50 bits per heavy atom. The van der Waals surface area contributed by atoms with Crippen LogP contribution < -0.4 is 0 Å². The Bertz CT molecular complexity index is 1130. The van der Waals surface area contributed by atoms with Crippen LogP contribution in [0.3, 0.4) is 0 Å². The van der Waals surface area contributed by atoms with E-state index in [1.165, 1.54) is 0 Å². The van der Waals surface area contributed by atoms with E-state index in [-0.39, 0.29) is 24.8 Å². The molecule has 2 aliphatic heterocycles. The molecule has 158 valence electrons. The maximum Gasteiger partial charge on any atom is 0.236 e. The normalized spacial score (nSPS) is 19.5. The zero-order valence-electron chi connectivity index (χ0n) is 17.0. The smallest absolute Gasteiger partial charge is 0.236 e. The third-order valence-electron chi connectivity index (χ3n) is 5.21. The summed E-state index contributed by atoms with van der Waals surface area (Å²) in [5, 5.41) is 0. The number of benzene rings is 2. The molecule has 0 amide bonds. The van der Waals surface area contributed by atoms with Crippen molar-refractivity contribution in [2.75, 3.05) is 13.2 Å². The van der Waals surface area contributed by atoms with Gasteiger partial charge in [0.25, 0.3) is 0 Å². The third-order valence-corrected chi connectivity index (χ3v) is 5.21. The summed E-state index contributed by atoms with van der Waals surface area (Å²) in [6.07, 6.45) is 0. The van der Waals surface area contributed by atoms with Crippen molar-refractivity contribution < 1.29 is 19.1 Å². The molecule has 0 aliphatic carbocycles. The van der Waals surface area contributed by atoms with E-state index < -0.39 is 12.1 Å². The number of ketones is 2.